The van der Waals surface area contributed by atoms with Crippen molar-refractivity contribution in [3.8, 4) is 11.4 Å². The van der Waals surface area contributed by atoms with Crippen LogP contribution in [0.25, 0.3) is 11.4 Å². The number of rotatable bonds is 2. The lowest BCUT2D eigenvalue weighted by atomic mass is 10.1. The third kappa shape index (κ3) is 3.12. The van der Waals surface area contributed by atoms with Crippen LogP contribution < -0.4 is 0 Å². The molecule has 0 atom stereocenters. The Morgan fingerprint density at radius 1 is 1.26 bits per heavy atom. The van der Waals surface area contributed by atoms with Gasteiger partial charge in [-0.1, -0.05) is 28.1 Å². The van der Waals surface area contributed by atoms with Crippen molar-refractivity contribution in [2.24, 2.45) is 0 Å². The fourth-order valence-corrected chi connectivity index (χ4v) is 2.77. The summed E-state index contributed by atoms with van der Waals surface area (Å²) in [5.41, 5.74) is -0.318. The van der Waals surface area contributed by atoms with E-state index in [2.05, 4.69) is 20.9 Å². The van der Waals surface area contributed by atoms with E-state index in [0.717, 1.165) is 10.7 Å². The van der Waals surface area contributed by atoms with Crippen LogP contribution in [0.1, 0.15) is 18.7 Å². The van der Waals surface area contributed by atoms with Gasteiger partial charge in [-0.3, -0.25) is 4.79 Å². The Kier molecular flexibility index (Phi) is 3.95. The number of imidazole rings is 1. The monoisotopic (exact) mass is 387 g/mol. The molecule has 3 rings (SSSR count). The summed E-state index contributed by atoms with van der Waals surface area (Å²) in [6, 6.07) is 6.74. The molecule has 0 radical (unpaired) electrons. The van der Waals surface area contributed by atoms with E-state index in [4.69, 9.17) is 0 Å². The minimum absolute atomic E-state index is 0.0809. The number of nitrogens with zero attached hydrogens (tertiary/aromatic N) is 3. The Bertz CT molecular complexity index is 733. The van der Waals surface area contributed by atoms with Crippen LogP contribution in [-0.2, 0) is 11.0 Å². The van der Waals surface area contributed by atoms with Crippen molar-refractivity contribution in [1.29, 1.82) is 0 Å². The van der Waals surface area contributed by atoms with Gasteiger partial charge in [-0.15, -0.1) is 0 Å². The number of likely N-dealkylation sites (tertiary alicyclic amines) is 1. The third-order valence-corrected chi connectivity index (χ3v) is 4.35. The Balaban J connectivity index is 1.98. The average molecular weight is 388 g/mol. The van der Waals surface area contributed by atoms with E-state index in [-0.39, 0.29) is 17.8 Å². The van der Waals surface area contributed by atoms with Crippen molar-refractivity contribution < 1.29 is 18.0 Å². The third-order valence-electron chi connectivity index (χ3n) is 3.83. The maximum Gasteiger partial charge on any atom is 0.434 e. The molecule has 0 spiro atoms. The van der Waals surface area contributed by atoms with Crippen LogP contribution in [0.5, 0.6) is 0 Å². The molecule has 1 aliphatic heterocycles. The molecule has 1 aromatic carbocycles. The summed E-state index contributed by atoms with van der Waals surface area (Å²) in [6.45, 7) is 2.24. The first-order valence-electron chi connectivity index (χ1n) is 6.93. The van der Waals surface area contributed by atoms with E-state index >= 15 is 0 Å². The molecule has 0 N–H and O–H groups in total. The van der Waals surface area contributed by atoms with Crippen LogP contribution in [0.2, 0.25) is 0 Å². The van der Waals surface area contributed by atoms with Crippen LogP contribution in [0.3, 0.4) is 0 Å². The molecule has 8 heteroatoms. The molecular weight excluding hydrogens is 375 g/mol. The molecule has 1 saturated heterocycles. The van der Waals surface area contributed by atoms with Crippen molar-refractivity contribution in [1.82, 2.24) is 14.5 Å². The van der Waals surface area contributed by atoms with Gasteiger partial charge >= 0.3 is 6.18 Å². The van der Waals surface area contributed by atoms with Crippen molar-refractivity contribution in [2.45, 2.75) is 19.1 Å². The molecule has 1 aromatic heterocycles. The lowest BCUT2D eigenvalue weighted by Crippen LogP contribution is -2.49. The predicted molar refractivity (Wildman–Crippen MR) is 81.7 cm³/mol. The smallest absolute Gasteiger partial charge is 0.339 e. The topological polar surface area (TPSA) is 38.1 Å². The first-order valence-corrected chi connectivity index (χ1v) is 7.72. The van der Waals surface area contributed by atoms with Gasteiger partial charge in [-0.25, -0.2) is 4.98 Å². The lowest BCUT2D eigenvalue weighted by molar-refractivity contribution is -0.141. The highest BCUT2D eigenvalue weighted by molar-refractivity contribution is 9.10. The number of hydrogen-bond donors (Lipinski definition) is 0. The van der Waals surface area contributed by atoms with E-state index in [9.17, 15) is 18.0 Å². The van der Waals surface area contributed by atoms with Gasteiger partial charge in [-0.2, -0.15) is 13.2 Å². The number of halogens is 4. The van der Waals surface area contributed by atoms with E-state index in [1.54, 1.807) is 29.2 Å². The Morgan fingerprint density at radius 2 is 1.87 bits per heavy atom. The normalized spacial score (nSPS) is 15.6. The number of amides is 1. The van der Waals surface area contributed by atoms with Crippen molar-refractivity contribution >= 4 is 21.8 Å². The minimum Gasteiger partial charge on any atom is -0.339 e. The van der Waals surface area contributed by atoms with Crippen LogP contribution in [-0.4, -0.2) is 33.4 Å². The molecule has 0 aliphatic carbocycles. The van der Waals surface area contributed by atoms with Gasteiger partial charge < -0.3 is 9.47 Å². The fourth-order valence-electron chi connectivity index (χ4n) is 2.51. The Morgan fingerprint density at radius 3 is 2.39 bits per heavy atom. The van der Waals surface area contributed by atoms with Crippen LogP contribution in [0.4, 0.5) is 13.2 Å². The Hall–Kier alpha value is -1.83. The zero-order valence-electron chi connectivity index (χ0n) is 12.1. The fraction of sp³-hybridized carbons (Fsp3) is 0.333. The number of aromatic nitrogens is 2. The number of hydrogen-bond acceptors (Lipinski definition) is 2. The van der Waals surface area contributed by atoms with Gasteiger partial charge in [-0.05, 0) is 12.1 Å². The second kappa shape index (κ2) is 5.67. The molecule has 2 heterocycles. The summed E-state index contributed by atoms with van der Waals surface area (Å²) < 4.78 is 41.4. The van der Waals surface area contributed by atoms with Crippen molar-refractivity contribution in [3.05, 3.63) is 40.6 Å². The van der Waals surface area contributed by atoms with Crippen LogP contribution >= 0.6 is 15.9 Å². The summed E-state index contributed by atoms with van der Waals surface area (Å²) in [4.78, 5) is 16.6. The van der Waals surface area contributed by atoms with Crippen LogP contribution in [0.15, 0.2) is 34.9 Å². The zero-order valence-corrected chi connectivity index (χ0v) is 13.7. The minimum atomic E-state index is -4.50. The molecule has 23 heavy (non-hydrogen) atoms. The molecule has 122 valence electrons. The highest BCUT2D eigenvalue weighted by atomic mass is 79.9. The van der Waals surface area contributed by atoms with Crippen molar-refractivity contribution in [2.75, 3.05) is 13.1 Å². The highest BCUT2D eigenvalue weighted by Gasteiger charge is 2.38. The SMILES string of the molecule is CC(=O)N1CC(n2cc(C(F)(F)F)nc2-c2ccc(Br)cc2)C1. The van der Waals surface area contributed by atoms with E-state index in [1.165, 1.54) is 11.5 Å². The van der Waals surface area contributed by atoms with Gasteiger partial charge in [0.25, 0.3) is 0 Å². The number of carbonyl (C=O) groups is 1. The number of carbonyl (C=O) groups excluding carboxylic acids is 1. The summed E-state index contributed by atoms with van der Waals surface area (Å²) in [5, 5.41) is 0. The van der Waals surface area contributed by atoms with Crippen LogP contribution in [0, 0.1) is 0 Å². The van der Waals surface area contributed by atoms with Crippen molar-refractivity contribution in [3.63, 3.8) is 0 Å². The first kappa shape index (κ1) is 16.0. The quantitative estimate of drug-likeness (QED) is 0.787. The predicted octanol–water partition coefficient (Wildman–Crippen LogP) is 3.73. The van der Waals surface area contributed by atoms with Gasteiger partial charge in [0.1, 0.15) is 5.82 Å². The van der Waals surface area contributed by atoms with Gasteiger partial charge in [0.2, 0.25) is 5.91 Å². The summed E-state index contributed by atoms with van der Waals surface area (Å²) in [5.74, 6) is 0.181. The molecule has 0 bridgehead atoms. The molecule has 1 aliphatic rings. The van der Waals surface area contributed by atoms with Gasteiger partial charge in [0.05, 0.1) is 6.04 Å². The maximum absolute atomic E-state index is 13.0. The molecule has 0 saturated carbocycles. The second-order valence-corrected chi connectivity index (χ2v) is 6.36. The molecule has 1 amide bonds. The van der Waals surface area contributed by atoms with Gasteiger partial charge in [0.15, 0.2) is 5.69 Å². The van der Waals surface area contributed by atoms with Gasteiger partial charge in [0, 0.05) is 36.2 Å². The van der Waals surface area contributed by atoms with E-state index < -0.39 is 11.9 Å². The number of benzene rings is 1. The molecule has 4 nitrogen and oxygen atoms in total. The summed E-state index contributed by atoms with van der Waals surface area (Å²) >= 11 is 3.30. The zero-order chi connectivity index (χ0) is 16.8. The second-order valence-electron chi connectivity index (χ2n) is 5.44. The lowest BCUT2D eigenvalue weighted by Gasteiger charge is -2.39. The van der Waals surface area contributed by atoms with E-state index in [0.29, 0.717) is 18.7 Å². The average Bonchev–Trinajstić information content (AvgIpc) is 2.82. The van der Waals surface area contributed by atoms with E-state index in [1.807, 2.05) is 0 Å². The standard InChI is InChI=1S/C15H13BrF3N3O/c1-9(23)21-6-12(7-21)22-8-13(15(17,18)19)20-14(22)10-2-4-11(16)5-3-10/h2-5,8,12H,6-7H2,1H3. The number of alkyl halides is 3. The molecule has 0 unspecified atom stereocenters. The molecular formula is C15H13BrF3N3O. The first-order chi connectivity index (χ1) is 10.8. The summed E-state index contributed by atoms with van der Waals surface area (Å²) in [7, 11) is 0. The highest BCUT2D eigenvalue weighted by Crippen LogP contribution is 2.34. The molecule has 2 aromatic rings. The largest absolute Gasteiger partial charge is 0.434 e. The molecule has 1 fully saturated rings. The summed E-state index contributed by atoms with van der Waals surface area (Å²) in [6.07, 6.45) is -3.47. The maximum atomic E-state index is 13.0. The Labute approximate surface area is 139 Å².